The molecular weight excluding hydrogens is 316 g/mol. The van der Waals surface area contributed by atoms with Crippen LogP contribution >= 0.6 is 0 Å². The Kier molecular flexibility index (Phi) is 5.33. The zero-order chi connectivity index (χ0) is 17.0. The van der Waals surface area contributed by atoms with E-state index in [1.807, 2.05) is 13.8 Å². The van der Waals surface area contributed by atoms with Crippen LogP contribution in [0.3, 0.4) is 0 Å². The number of pyridine rings is 1. The SMILES string of the molecule is CCCCC(NS(=O)(=O)c1ccc(C)c2ncccc12)C(=O)O. The van der Waals surface area contributed by atoms with E-state index in [2.05, 4.69) is 9.71 Å². The highest BCUT2D eigenvalue weighted by molar-refractivity contribution is 7.89. The van der Waals surface area contributed by atoms with Gasteiger partial charge in [0.25, 0.3) is 0 Å². The standard InChI is InChI=1S/C16H20N2O4S/c1-3-4-7-13(16(19)20)18-23(21,22)14-9-8-11(2)15-12(14)6-5-10-17-15/h5-6,8-10,13,18H,3-4,7H2,1-2H3,(H,19,20). The monoisotopic (exact) mass is 336 g/mol. The Labute approximate surface area is 135 Å². The maximum atomic E-state index is 12.6. The van der Waals surface area contributed by atoms with E-state index in [0.29, 0.717) is 17.3 Å². The highest BCUT2D eigenvalue weighted by Crippen LogP contribution is 2.24. The van der Waals surface area contributed by atoms with Crippen molar-refractivity contribution in [3.63, 3.8) is 0 Å². The summed E-state index contributed by atoms with van der Waals surface area (Å²) in [5.74, 6) is -1.17. The van der Waals surface area contributed by atoms with Gasteiger partial charge in [0.15, 0.2) is 0 Å². The van der Waals surface area contributed by atoms with Gasteiger partial charge in [0.1, 0.15) is 6.04 Å². The van der Waals surface area contributed by atoms with Gasteiger partial charge in [-0.05, 0) is 37.1 Å². The van der Waals surface area contributed by atoms with Crippen molar-refractivity contribution in [1.82, 2.24) is 9.71 Å². The Morgan fingerprint density at radius 2 is 2.09 bits per heavy atom. The van der Waals surface area contributed by atoms with Crippen molar-refractivity contribution in [2.24, 2.45) is 0 Å². The molecule has 2 aromatic rings. The van der Waals surface area contributed by atoms with Gasteiger partial charge in [0, 0.05) is 11.6 Å². The van der Waals surface area contributed by atoms with Crippen molar-refractivity contribution in [2.45, 2.75) is 44.0 Å². The number of aryl methyl sites for hydroxylation is 1. The van der Waals surface area contributed by atoms with Gasteiger partial charge < -0.3 is 5.11 Å². The fraction of sp³-hybridized carbons (Fsp3) is 0.375. The molecule has 1 heterocycles. The predicted octanol–water partition coefficient (Wildman–Crippen LogP) is 2.46. The van der Waals surface area contributed by atoms with E-state index in [4.69, 9.17) is 0 Å². The molecule has 0 aliphatic rings. The van der Waals surface area contributed by atoms with E-state index < -0.39 is 22.0 Å². The molecule has 6 nitrogen and oxygen atoms in total. The molecule has 0 saturated carbocycles. The van der Waals surface area contributed by atoms with E-state index in [-0.39, 0.29) is 11.3 Å². The normalized spacial score (nSPS) is 13.1. The molecule has 0 fully saturated rings. The molecule has 0 spiro atoms. The molecule has 0 aliphatic heterocycles. The Bertz CT molecular complexity index is 818. The van der Waals surface area contributed by atoms with Crippen LogP contribution in [0, 0.1) is 6.92 Å². The number of carbonyl (C=O) groups is 1. The second kappa shape index (κ2) is 7.06. The van der Waals surface area contributed by atoms with Crippen molar-refractivity contribution >= 4 is 26.9 Å². The third-order valence-electron chi connectivity index (χ3n) is 3.66. The number of aliphatic carboxylic acids is 1. The lowest BCUT2D eigenvalue weighted by atomic mass is 10.1. The highest BCUT2D eigenvalue weighted by Gasteiger charge is 2.26. The van der Waals surface area contributed by atoms with Gasteiger partial charge in [0.2, 0.25) is 10.0 Å². The Morgan fingerprint density at radius 3 is 2.74 bits per heavy atom. The largest absolute Gasteiger partial charge is 0.480 e. The van der Waals surface area contributed by atoms with Gasteiger partial charge in [-0.2, -0.15) is 4.72 Å². The number of nitrogens with zero attached hydrogens (tertiary/aromatic N) is 1. The number of hydrogen-bond acceptors (Lipinski definition) is 4. The molecule has 124 valence electrons. The summed E-state index contributed by atoms with van der Waals surface area (Å²) in [6.45, 7) is 3.77. The summed E-state index contributed by atoms with van der Waals surface area (Å²) >= 11 is 0. The summed E-state index contributed by atoms with van der Waals surface area (Å²) in [4.78, 5) is 15.6. The van der Waals surface area contributed by atoms with Crippen molar-refractivity contribution in [2.75, 3.05) is 0 Å². The first-order valence-corrected chi connectivity index (χ1v) is 8.94. The molecule has 2 rings (SSSR count). The van der Waals surface area contributed by atoms with E-state index in [9.17, 15) is 18.3 Å². The Morgan fingerprint density at radius 1 is 1.35 bits per heavy atom. The number of carboxylic acid groups (broad SMARTS) is 1. The van der Waals surface area contributed by atoms with Gasteiger partial charge in [-0.3, -0.25) is 9.78 Å². The number of rotatable bonds is 7. The molecule has 0 amide bonds. The van der Waals surface area contributed by atoms with Gasteiger partial charge in [0.05, 0.1) is 10.4 Å². The molecule has 0 bridgehead atoms. The van der Waals surface area contributed by atoms with E-state index in [1.54, 1.807) is 24.4 Å². The highest BCUT2D eigenvalue weighted by atomic mass is 32.2. The third kappa shape index (κ3) is 3.86. The minimum atomic E-state index is -3.95. The molecule has 0 aliphatic carbocycles. The molecule has 23 heavy (non-hydrogen) atoms. The van der Waals surface area contributed by atoms with E-state index >= 15 is 0 Å². The predicted molar refractivity (Wildman–Crippen MR) is 87.8 cm³/mol. The first-order chi connectivity index (χ1) is 10.9. The number of fused-ring (bicyclic) bond motifs is 1. The topological polar surface area (TPSA) is 96.4 Å². The summed E-state index contributed by atoms with van der Waals surface area (Å²) in [5.41, 5.74) is 1.45. The number of unbranched alkanes of at least 4 members (excludes halogenated alkanes) is 1. The number of nitrogens with one attached hydrogen (secondary N) is 1. The molecule has 2 N–H and O–H groups in total. The zero-order valence-corrected chi connectivity index (χ0v) is 13.9. The van der Waals surface area contributed by atoms with Crippen LogP contribution in [0.25, 0.3) is 10.9 Å². The van der Waals surface area contributed by atoms with Crippen molar-refractivity contribution < 1.29 is 18.3 Å². The summed E-state index contributed by atoms with van der Waals surface area (Å²) in [7, 11) is -3.95. The molecule has 7 heteroatoms. The van der Waals surface area contributed by atoms with Crippen molar-refractivity contribution in [1.29, 1.82) is 0 Å². The summed E-state index contributed by atoms with van der Waals surface area (Å²) in [6, 6.07) is 5.36. The van der Waals surface area contributed by atoms with Gasteiger partial charge in [-0.15, -0.1) is 0 Å². The number of hydrogen-bond donors (Lipinski definition) is 2. The fourth-order valence-corrected chi connectivity index (χ4v) is 3.84. The second-order valence-electron chi connectivity index (χ2n) is 5.43. The second-order valence-corrected chi connectivity index (χ2v) is 7.12. The fourth-order valence-electron chi connectivity index (χ4n) is 2.41. The van der Waals surface area contributed by atoms with Gasteiger partial charge in [-0.1, -0.05) is 25.8 Å². The van der Waals surface area contributed by atoms with Crippen LogP contribution in [0.1, 0.15) is 31.7 Å². The van der Waals surface area contributed by atoms with Crippen LogP contribution in [0.15, 0.2) is 35.4 Å². The van der Waals surface area contributed by atoms with Gasteiger partial charge in [-0.25, -0.2) is 8.42 Å². The number of sulfonamides is 1. The first-order valence-electron chi connectivity index (χ1n) is 7.46. The van der Waals surface area contributed by atoms with Crippen LogP contribution in [0.2, 0.25) is 0 Å². The quantitative estimate of drug-likeness (QED) is 0.809. The van der Waals surface area contributed by atoms with E-state index in [1.165, 1.54) is 6.07 Å². The Hall–Kier alpha value is -1.99. The first kappa shape index (κ1) is 17.4. The van der Waals surface area contributed by atoms with Gasteiger partial charge >= 0.3 is 5.97 Å². The molecule has 1 aromatic carbocycles. The Balaban J connectivity index is 2.44. The molecule has 1 unspecified atom stereocenters. The molecule has 0 saturated heterocycles. The lowest BCUT2D eigenvalue weighted by molar-refractivity contribution is -0.139. The van der Waals surface area contributed by atoms with Crippen LogP contribution in [0.5, 0.6) is 0 Å². The lowest BCUT2D eigenvalue weighted by Crippen LogP contribution is -2.40. The van der Waals surface area contributed by atoms with Crippen molar-refractivity contribution in [3.05, 3.63) is 36.0 Å². The lowest BCUT2D eigenvalue weighted by Gasteiger charge is -2.16. The van der Waals surface area contributed by atoms with Crippen LogP contribution in [-0.2, 0) is 14.8 Å². The summed E-state index contributed by atoms with van der Waals surface area (Å²) in [6.07, 6.45) is 3.28. The maximum absolute atomic E-state index is 12.6. The molecule has 1 atom stereocenters. The van der Waals surface area contributed by atoms with Crippen LogP contribution < -0.4 is 4.72 Å². The molecular formula is C16H20N2O4S. The average Bonchev–Trinajstić information content (AvgIpc) is 2.51. The molecule has 1 aromatic heterocycles. The minimum absolute atomic E-state index is 0.0500. The van der Waals surface area contributed by atoms with E-state index in [0.717, 1.165) is 12.0 Å². The number of aromatic nitrogens is 1. The third-order valence-corrected chi connectivity index (χ3v) is 5.19. The maximum Gasteiger partial charge on any atom is 0.321 e. The van der Waals surface area contributed by atoms with Crippen LogP contribution in [-0.4, -0.2) is 30.5 Å². The summed E-state index contributed by atoms with van der Waals surface area (Å²) in [5, 5.41) is 9.71. The average molecular weight is 336 g/mol. The summed E-state index contributed by atoms with van der Waals surface area (Å²) < 4.78 is 27.6. The van der Waals surface area contributed by atoms with Crippen LogP contribution in [0.4, 0.5) is 0 Å². The number of carboxylic acids is 1. The number of benzene rings is 1. The minimum Gasteiger partial charge on any atom is -0.480 e. The van der Waals surface area contributed by atoms with Crippen molar-refractivity contribution in [3.8, 4) is 0 Å². The zero-order valence-electron chi connectivity index (χ0n) is 13.1. The molecule has 0 radical (unpaired) electrons. The smallest absolute Gasteiger partial charge is 0.321 e.